The zero-order valence-electron chi connectivity index (χ0n) is 16.8. The molecule has 7 heteroatoms. The summed E-state index contributed by atoms with van der Waals surface area (Å²) < 4.78 is 0. The van der Waals surface area contributed by atoms with Crippen LogP contribution in [0.3, 0.4) is 0 Å². The molecule has 0 unspecified atom stereocenters. The molecule has 156 valence electrons. The molecule has 2 aliphatic rings. The van der Waals surface area contributed by atoms with Crippen LogP contribution in [-0.2, 0) is 16.9 Å². The average molecular weight is 433 g/mol. The minimum Gasteiger partial charge on any atom is -0.359 e. The number of aromatic nitrogens is 1. The molecule has 2 heterocycles. The van der Waals surface area contributed by atoms with Gasteiger partial charge in [0.15, 0.2) is 5.82 Å². The lowest BCUT2D eigenvalue weighted by Gasteiger charge is -2.30. The average Bonchev–Trinajstić information content (AvgIpc) is 3.58. The summed E-state index contributed by atoms with van der Waals surface area (Å²) in [6.07, 6.45) is 3.37. The normalized spacial score (nSPS) is 16.3. The number of nitrogens with zero attached hydrogens (tertiary/aromatic N) is 2. The Morgan fingerprint density at radius 2 is 1.87 bits per heavy atom. The van der Waals surface area contributed by atoms with Crippen molar-refractivity contribution in [1.82, 2.24) is 10.3 Å². The van der Waals surface area contributed by atoms with E-state index in [-0.39, 0.29) is 23.9 Å². The van der Waals surface area contributed by atoms with Crippen molar-refractivity contribution in [3.8, 4) is 0 Å². The van der Waals surface area contributed by atoms with Gasteiger partial charge in [0.1, 0.15) is 0 Å². The molecular formula is C24H21ClN4O2. The van der Waals surface area contributed by atoms with Gasteiger partial charge in [0.05, 0.1) is 29.9 Å². The third kappa shape index (κ3) is 3.86. The fourth-order valence-corrected chi connectivity index (χ4v) is 4.04. The zero-order chi connectivity index (χ0) is 21.4. The van der Waals surface area contributed by atoms with Gasteiger partial charge in [-0.15, -0.1) is 0 Å². The number of benzene rings is 2. The smallest absolute Gasteiger partial charge is 0.253 e. The van der Waals surface area contributed by atoms with Crippen molar-refractivity contribution < 1.29 is 9.59 Å². The molecule has 1 saturated carbocycles. The van der Waals surface area contributed by atoms with Crippen LogP contribution in [0.5, 0.6) is 0 Å². The van der Waals surface area contributed by atoms with E-state index in [1.165, 1.54) is 0 Å². The minimum absolute atomic E-state index is 0.0789. The number of halogens is 1. The van der Waals surface area contributed by atoms with Gasteiger partial charge in [-0.05, 0) is 42.2 Å². The van der Waals surface area contributed by atoms with Gasteiger partial charge in [0, 0.05) is 11.2 Å². The maximum Gasteiger partial charge on any atom is 0.253 e. The van der Waals surface area contributed by atoms with E-state index in [0.717, 1.165) is 24.0 Å². The van der Waals surface area contributed by atoms with Crippen molar-refractivity contribution in [2.24, 2.45) is 0 Å². The number of hydrogen-bond acceptors (Lipinski definition) is 4. The van der Waals surface area contributed by atoms with Crippen molar-refractivity contribution in [2.45, 2.75) is 24.9 Å². The first-order valence-corrected chi connectivity index (χ1v) is 10.6. The lowest BCUT2D eigenvalue weighted by Crippen LogP contribution is -2.40. The van der Waals surface area contributed by atoms with Gasteiger partial charge in [0.2, 0.25) is 5.91 Å². The highest BCUT2D eigenvalue weighted by Gasteiger charge is 2.45. The first-order valence-electron chi connectivity index (χ1n) is 10.2. The van der Waals surface area contributed by atoms with E-state index in [2.05, 4.69) is 15.6 Å². The van der Waals surface area contributed by atoms with Gasteiger partial charge >= 0.3 is 0 Å². The Morgan fingerprint density at radius 3 is 2.58 bits per heavy atom. The number of rotatable bonds is 5. The highest BCUT2D eigenvalue weighted by atomic mass is 35.5. The van der Waals surface area contributed by atoms with Crippen LogP contribution in [0.2, 0.25) is 5.02 Å². The molecule has 2 amide bonds. The van der Waals surface area contributed by atoms with Gasteiger partial charge in [-0.25, -0.2) is 4.98 Å². The number of amides is 2. The Labute approximate surface area is 185 Å². The van der Waals surface area contributed by atoms with Gasteiger partial charge in [0.25, 0.3) is 5.91 Å². The summed E-state index contributed by atoms with van der Waals surface area (Å²) in [5.74, 6) is 0.320. The molecule has 1 aliphatic heterocycles. The lowest BCUT2D eigenvalue weighted by atomic mass is 10.0. The predicted octanol–water partition coefficient (Wildman–Crippen LogP) is 4.11. The molecule has 2 N–H and O–H groups in total. The fraction of sp³-hybridized carbons (Fsp3) is 0.208. The van der Waals surface area contributed by atoms with E-state index in [1.54, 1.807) is 29.3 Å². The molecule has 2 aromatic carbocycles. The number of fused-ring (bicyclic) bond motifs is 1. The van der Waals surface area contributed by atoms with Gasteiger partial charge in [-0.3, -0.25) is 9.59 Å². The Kier molecular flexibility index (Phi) is 4.87. The molecule has 1 aliphatic carbocycles. The van der Waals surface area contributed by atoms with Crippen molar-refractivity contribution in [2.75, 3.05) is 16.8 Å². The first-order chi connectivity index (χ1) is 15.0. The lowest BCUT2D eigenvalue weighted by molar-refractivity contribution is -0.117. The SMILES string of the molecule is O=C(NC1(c2ccccc2)CC1)c1cnc2c(c1)N(Cc1ccc(Cl)cc1)C(=O)CN2. The number of pyridine rings is 1. The van der Waals surface area contributed by atoms with Crippen LogP contribution >= 0.6 is 11.6 Å². The first kappa shape index (κ1) is 19.6. The summed E-state index contributed by atoms with van der Waals surface area (Å²) in [5, 5.41) is 6.85. The molecule has 1 aromatic heterocycles. The topological polar surface area (TPSA) is 74.3 Å². The predicted molar refractivity (Wildman–Crippen MR) is 120 cm³/mol. The van der Waals surface area contributed by atoms with E-state index in [9.17, 15) is 9.59 Å². The Morgan fingerprint density at radius 1 is 1.13 bits per heavy atom. The molecule has 1 fully saturated rings. The standard InChI is InChI=1S/C24H21ClN4O2/c25-19-8-6-16(7-9-19)15-29-20-12-17(13-26-22(20)27-14-21(29)30)23(31)28-24(10-11-24)18-4-2-1-3-5-18/h1-9,12-13H,10-11,14-15H2,(H,26,27)(H,28,31). The number of carbonyl (C=O) groups excluding carboxylic acids is 2. The second-order valence-corrected chi connectivity index (χ2v) is 8.39. The van der Waals surface area contributed by atoms with Gasteiger partial charge in [-0.1, -0.05) is 54.1 Å². The number of nitrogens with one attached hydrogen (secondary N) is 2. The molecule has 3 aromatic rings. The molecule has 0 radical (unpaired) electrons. The van der Waals surface area contributed by atoms with E-state index < -0.39 is 0 Å². The van der Waals surface area contributed by atoms with Gasteiger partial charge < -0.3 is 15.5 Å². The highest BCUT2D eigenvalue weighted by molar-refractivity contribution is 6.30. The molecular weight excluding hydrogens is 412 g/mol. The molecule has 5 rings (SSSR count). The Bertz CT molecular complexity index is 1140. The maximum atomic E-state index is 13.1. The molecule has 0 bridgehead atoms. The van der Waals surface area contributed by atoms with Crippen LogP contribution < -0.4 is 15.5 Å². The number of anilines is 2. The minimum atomic E-state index is -0.314. The van der Waals surface area contributed by atoms with E-state index in [4.69, 9.17) is 11.6 Å². The molecule has 6 nitrogen and oxygen atoms in total. The maximum absolute atomic E-state index is 13.1. The molecule has 0 saturated heterocycles. The molecule has 0 atom stereocenters. The van der Waals surface area contributed by atoms with Gasteiger partial charge in [-0.2, -0.15) is 0 Å². The van der Waals surface area contributed by atoms with Crippen molar-refractivity contribution >= 4 is 34.9 Å². The Balaban J connectivity index is 1.41. The quantitative estimate of drug-likeness (QED) is 0.636. The monoisotopic (exact) mass is 432 g/mol. The summed E-state index contributed by atoms with van der Waals surface area (Å²) in [5.41, 5.74) is 2.77. The van der Waals surface area contributed by atoms with Crippen molar-refractivity contribution in [3.05, 3.63) is 88.6 Å². The third-order valence-electron chi connectivity index (χ3n) is 5.81. The molecule has 31 heavy (non-hydrogen) atoms. The zero-order valence-corrected chi connectivity index (χ0v) is 17.5. The van der Waals surface area contributed by atoms with Crippen LogP contribution in [-0.4, -0.2) is 23.3 Å². The summed E-state index contributed by atoms with van der Waals surface area (Å²) >= 11 is 5.98. The highest BCUT2D eigenvalue weighted by Crippen LogP contribution is 2.45. The van der Waals surface area contributed by atoms with E-state index in [0.29, 0.717) is 28.6 Å². The summed E-state index contributed by atoms with van der Waals surface area (Å²) in [6, 6.07) is 19.1. The Hall–Kier alpha value is -3.38. The van der Waals surface area contributed by atoms with Crippen LogP contribution in [0, 0.1) is 0 Å². The largest absolute Gasteiger partial charge is 0.359 e. The fourth-order valence-electron chi connectivity index (χ4n) is 3.91. The van der Waals surface area contributed by atoms with Crippen LogP contribution in [0.15, 0.2) is 66.9 Å². The van der Waals surface area contributed by atoms with Crippen LogP contribution in [0.4, 0.5) is 11.5 Å². The second-order valence-electron chi connectivity index (χ2n) is 7.95. The van der Waals surface area contributed by atoms with E-state index in [1.807, 2.05) is 42.5 Å². The molecule has 0 spiro atoms. The second kappa shape index (κ2) is 7.71. The number of hydrogen-bond donors (Lipinski definition) is 2. The summed E-state index contributed by atoms with van der Waals surface area (Å²) in [7, 11) is 0. The summed E-state index contributed by atoms with van der Waals surface area (Å²) in [4.78, 5) is 31.8. The van der Waals surface area contributed by atoms with Crippen LogP contribution in [0.1, 0.15) is 34.3 Å². The third-order valence-corrected chi connectivity index (χ3v) is 6.06. The van der Waals surface area contributed by atoms with Crippen molar-refractivity contribution in [3.63, 3.8) is 0 Å². The van der Waals surface area contributed by atoms with Crippen molar-refractivity contribution in [1.29, 1.82) is 0 Å². The van der Waals surface area contributed by atoms with Crippen LogP contribution in [0.25, 0.3) is 0 Å². The van der Waals surface area contributed by atoms with E-state index >= 15 is 0 Å². The number of carbonyl (C=O) groups is 2. The summed E-state index contributed by atoms with van der Waals surface area (Å²) in [6.45, 7) is 0.543.